The van der Waals surface area contributed by atoms with Crippen molar-refractivity contribution >= 4 is 24.5 Å². The highest BCUT2D eigenvalue weighted by Gasteiger charge is 2.53. The first-order chi connectivity index (χ1) is 7.82. The van der Waals surface area contributed by atoms with E-state index in [0.29, 0.717) is 5.01 Å². The molecule has 0 amide bonds. The fraction of sp³-hybridized carbons (Fsp3) is 0.545. The second-order valence-electron chi connectivity index (χ2n) is 4.99. The summed E-state index contributed by atoms with van der Waals surface area (Å²) in [5.41, 5.74) is -1.49. The number of nitrogens with zero attached hydrogens (tertiary/aromatic N) is 1. The number of hydrogen-bond donors (Lipinski definition) is 0. The Morgan fingerprint density at radius 1 is 1.35 bits per heavy atom. The van der Waals surface area contributed by atoms with E-state index in [2.05, 4.69) is 4.98 Å². The van der Waals surface area contributed by atoms with Crippen molar-refractivity contribution in [2.75, 3.05) is 0 Å². The lowest BCUT2D eigenvalue weighted by molar-refractivity contribution is 0.00578. The third-order valence-electron chi connectivity index (χ3n) is 3.19. The normalized spacial score (nSPS) is 23.1. The van der Waals surface area contributed by atoms with Crippen LogP contribution in [0.5, 0.6) is 0 Å². The molecular weight excluding hydrogens is 240 g/mol. The minimum Gasteiger partial charge on any atom is -0.398 e. The van der Waals surface area contributed by atoms with E-state index in [1.807, 2.05) is 27.7 Å². The van der Waals surface area contributed by atoms with Gasteiger partial charge >= 0.3 is 7.12 Å². The van der Waals surface area contributed by atoms with Crippen molar-refractivity contribution in [3.63, 3.8) is 0 Å². The lowest BCUT2D eigenvalue weighted by Gasteiger charge is -2.32. The molecule has 2 rings (SSSR count). The van der Waals surface area contributed by atoms with Gasteiger partial charge in [-0.15, -0.1) is 11.3 Å². The maximum absolute atomic E-state index is 13.9. The van der Waals surface area contributed by atoms with Crippen LogP contribution in [-0.2, 0) is 9.31 Å². The van der Waals surface area contributed by atoms with Crippen LogP contribution in [0.2, 0.25) is 0 Å². The van der Waals surface area contributed by atoms with Gasteiger partial charge in [0.1, 0.15) is 10.7 Å². The molecular formula is C11H15BFNO2S. The SMILES string of the molecule is CC1(C)OB(C(F)=Cc2nccs2)OC1(C)C. The summed E-state index contributed by atoms with van der Waals surface area (Å²) in [6, 6.07) is 0. The van der Waals surface area contributed by atoms with E-state index in [4.69, 9.17) is 9.31 Å². The molecule has 0 aliphatic carbocycles. The van der Waals surface area contributed by atoms with E-state index < -0.39 is 24.0 Å². The summed E-state index contributed by atoms with van der Waals surface area (Å²) in [5, 5.41) is 2.40. The van der Waals surface area contributed by atoms with Gasteiger partial charge < -0.3 is 9.31 Å². The quantitative estimate of drug-likeness (QED) is 0.761. The van der Waals surface area contributed by atoms with Crippen molar-refractivity contribution < 1.29 is 13.7 Å². The van der Waals surface area contributed by atoms with Gasteiger partial charge in [0.15, 0.2) is 0 Å². The van der Waals surface area contributed by atoms with E-state index in [0.717, 1.165) is 0 Å². The minimum atomic E-state index is -0.941. The van der Waals surface area contributed by atoms with Crippen LogP contribution in [0.4, 0.5) is 4.39 Å². The topological polar surface area (TPSA) is 31.4 Å². The van der Waals surface area contributed by atoms with Gasteiger partial charge in [-0.3, -0.25) is 0 Å². The van der Waals surface area contributed by atoms with Crippen LogP contribution in [0.25, 0.3) is 6.08 Å². The first kappa shape index (κ1) is 12.7. The van der Waals surface area contributed by atoms with Crippen molar-refractivity contribution in [2.45, 2.75) is 38.9 Å². The first-order valence-electron chi connectivity index (χ1n) is 5.44. The second kappa shape index (κ2) is 4.19. The fourth-order valence-corrected chi connectivity index (χ4v) is 2.01. The van der Waals surface area contributed by atoms with Gasteiger partial charge in [-0.05, 0) is 27.7 Å². The van der Waals surface area contributed by atoms with Gasteiger partial charge in [-0.1, -0.05) is 0 Å². The van der Waals surface area contributed by atoms with Gasteiger partial charge in [-0.2, -0.15) is 0 Å². The lowest BCUT2D eigenvalue weighted by Crippen LogP contribution is -2.41. The lowest BCUT2D eigenvalue weighted by atomic mass is 9.88. The molecule has 1 aromatic rings. The predicted molar refractivity (Wildman–Crippen MR) is 67.3 cm³/mol. The van der Waals surface area contributed by atoms with Crippen LogP contribution in [-0.4, -0.2) is 23.3 Å². The zero-order valence-electron chi connectivity index (χ0n) is 10.4. The molecule has 1 fully saturated rings. The Labute approximate surface area is 105 Å². The highest BCUT2D eigenvalue weighted by Crippen LogP contribution is 2.39. The van der Waals surface area contributed by atoms with Gasteiger partial charge in [0.05, 0.1) is 11.2 Å². The molecule has 92 valence electrons. The largest absolute Gasteiger partial charge is 0.525 e. The van der Waals surface area contributed by atoms with Crippen LogP contribution in [0, 0.1) is 0 Å². The van der Waals surface area contributed by atoms with E-state index in [-0.39, 0.29) is 0 Å². The molecule has 1 aliphatic rings. The molecule has 0 aromatic carbocycles. The molecule has 2 heterocycles. The van der Waals surface area contributed by atoms with Crippen LogP contribution >= 0.6 is 11.3 Å². The molecule has 0 unspecified atom stereocenters. The van der Waals surface area contributed by atoms with E-state index >= 15 is 0 Å². The number of thiazole rings is 1. The molecule has 0 N–H and O–H groups in total. The highest BCUT2D eigenvalue weighted by atomic mass is 32.1. The molecule has 0 radical (unpaired) electrons. The predicted octanol–water partition coefficient (Wildman–Crippen LogP) is 3.08. The summed E-state index contributed by atoms with van der Waals surface area (Å²) in [6.07, 6.45) is 2.99. The Morgan fingerprint density at radius 3 is 2.41 bits per heavy atom. The van der Waals surface area contributed by atoms with Crippen molar-refractivity contribution in [1.29, 1.82) is 0 Å². The van der Waals surface area contributed by atoms with Crippen LogP contribution < -0.4 is 0 Å². The van der Waals surface area contributed by atoms with Crippen LogP contribution in [0.1, 0.15) is 32.7 Å². The molecule has 1 saturated heterocycles. The van der Waals surface area contributed by atoms with Crippen LogP contribution in [0.3, 0.4) is 0 Å². The molecule has 1 aromatic heterocycles. The Morgan fingerprint density at radius 2 is 1.94 bits per heavy atom. The number of hydrogen-bond acceptors (Lipinski definition) is 4. The second-order valence-corrected chi connectivity index (χ2v) is 5.91. The molecule has 1 aliphatic heterocycles. The third-order valence-corrected chi connectivity index (χ3v) is 3.91. The fourth-order valence-electron chi connectivity index (χ4n) is 1.45. The van der Waals surface area contributed by atoms with Gasteiger partial charge in [-0.25, -0.2) is 9.37 Å². The summed E-state index contributed by atoms with van der Waals surface area (Å²) in [4.78, 5) is 3.99. The van der Waals surface area contributed by atoms with Gasteiger partial charge in [0, 0.05) is 17.7 Å². The maximum atomic E-state index is 13.9. The average Bonchev–Trinajstić information content (AvgIpc) is 2.74. The van der Waals surface area contributed by atoms with E-state index in [9.17, 15) is 4.39 Å². The molecule has 17 heavy (non-hydrogen) atoms. The molecule has 0 atom stereocenters. The summed E-state index contributed by atoms with van der Waals surface area (Å²) in [5.74, 6) is 0. The van der Waals surface area contributed by atoms with Gasteiger partial charge in [0.2, 0.25) is 0 Å². The maximum Gasteiger partial charge on any atom is 0.525 e. The van der Waals surface area contributed by atoms with Crippen LogP contribution in [0.15, 0.2) is 17.3 Å². The smallest absolute Gasteiger partial charge is 0.398 e. The summed E-state index contributed by atoms with van der Waals surface area (Å²) < 4.78 is 25.1. The summed E-state index contributed by atoms with van der Waals surface area (Å²) >= 11 is 1.37. The summed E-state index contributed by atoms with van der Waals surface area (Å²) in [7, 11) is -0.941. The molecule has 0 spiro atoms. The Balaban J connectivity index is 2.16. The van der Waals surface area contributed by atoms with Crippen molar-refractivity contribution in [3.8, 4) is 0 Å². The van der Waals surface area contributed by atoms with Crippen molar-refractivity contribution in [2.24, 2.45) is 0 Å². The molecule has 6 heteroatoms. The van der Waals surface area contributed by atoms with E-state index in [1.54, 1.807) is 11.6 Å². The number of aromatic nitrogens is 1. The van der Waals surface area contributed by atoms with Crippen molar-refractivity contribution in [1.82, 2.24) is 4.98 Å². The van der Waals surface area contributed by atoms with Gasteiger partial charge in [0.25, 0.3) is 0 Å². The Hall–Kier alpha value is -0.715. The monoisotopic (exact) mass is 255 g/mol. The number of rotatable bonds is 2. The van der Waals surface area contributed by atoms with E-state index in [1.165, 1.54) is 17.4 Å². The number of halogens is 1. The Kier molecular flexibility index (Phi) is 3.14. The first-order valence-corrected chi connectivity index (χ1v) is 6.32. The highest BCUT2D eigenvalue weighted by molar-refractivity contribution is 7.10. The minimum absolute atomic E-state index is 0.446. The summed E-state index contributed by atoms with van der Waals surface area (Å²) in [6.45, 7) is 7.57. The third kappa shape index (κ3) is 2.43. The zero-order valence-corrected chi connectivity index (χ0v) is 11.2. The van der Waals surface area contributed by atoms with Crippen molar-refractivity contribution in [3.05, 3.63) is 22.3 Å². The standard InChI is InChI=1S/C11H15BFNO2S/c1-10(2)11(3,4)16-12(15-10)8(13)7-9-14-5-6-17-9/h5-7H,1-4H3. The molecule has 0 saturated carbocycles. The molecule has 0 bridgehead atoms. The Bertz CT molecular complexity index is 415. The molecule has 3 nitrogen and oxygen atoms in total. The average molecular weight is 255 g/mol. The zero-order chi connectivity index (χ0) is 12.7.